The molecule has 0 saturated carbocycles. The molecule has 0 heterocycles. The van der Waals surface area contributed by atoms with E-state index >= 15 is 0 Å². The van der Waals surface area contributed by atoms with Crippen LogP contribution >= 0.6 is 55.1 Å². The van der Waals surface area contributed by atoms with Gasteiger partial charge in [0.05, 0.1) is 14.2 Å². The predicted molar refractivity (Wildman–Crippen MR) is 105 cm³/mol. The van der Waals surface area contributed by atoms with Crippen LogP contribution in [0.15, 0.2) is 24.3 Å². The van der Waals surface area contributed by atoms with Crippen LogP contribution in [-0.4, -0.2) is 20.0 Å². The summed E-state index contributed by atoms with van der Waals surface area (Å²) in [4.78, 5) is 13.2. The van der Waals surface area contributed by atoms with Crippen molar-refractivity contribution in [3.63, 3.8) is 0 Å². The Morgan fingerprint density at radius 1 is 0.875 bits per heavy atom. The van der Waals surface area contributed by atoms with Gasteiger partial charge in [-0.2, -0.15) is 0 Å². The standard InChI is InChI=1S/C17H14Br2Cl2O3/c1-23-9-3-11(13(7-18)15(20)5-9)17(22)12-4-10(24-2)6-16(21)14(12)8-19/h3-6H,7-8H2,1-2H3. The lowest BCUT2D eigenvalue weighted by Crippen LogP contribution is -2.09. The quantitative estimate of drug-likeness (QED) is 0.362. The second-order valence-electron chi connectivity index (χ2n) is 4.87. The summed E-state index contributed by atoms with van der Waals surface area (Å²) in [6, 6.07) is 6.71. The molecule has 2 aromatic rings. The highest BCUT2D eigenvalue weighted by Gasteiger charge is 2.22. The number of ether oxygens (including phenoxy) is 2. The first kappa shape index (κ1) is 19.6. The van der Waals surface area contributed by atoms with Crippen molar-refractivity contribution in [2.75, 3.05) is 14.2 Å². The molecule has 3 nitrogen and oxygen atoms in total. The molecule has 0 aliphatic carbocycles. The van der Waals surface area contributed by atoms with E-state index in [0.717, 1.165) is 0 Å². The second-order valence-corrected chi connectivity index (χ2v) is 6.80. The summed E-state index contributed by atoms with van der Waals surface area (Å²) < 4.78 is 10.5. The number of benzene rings is 2. The number of carbonyl (C=O) groups excluding carboxylic acids is 1. The van der Waals surface area contributed by atoms with Crippen molar-refractivity contribution >= 4 is 60.8 Å². The normalized spacial score (nSPS) is 10.6. The van der Waals surface area contributed by atoms with E-state index in [0.29, 0.717) is 54.5 Å². The van der Waals surface area contributed by atoms with E-state index in [1.165, 1.54) is 14.2 Å². The molecule has 0 saturated heterocycles. The summed E-state index contributed by atoms with van der Waals surface area (Å²) in [5.41, 5.74) is 2.31. The van der Waals surface area contributed by atoms with E-state index in [1.807, 2.05) is 0 Å². The second kappa shape index (κ2) is 8.56. The Kier molecular flexibility index (Phi) is 6.99. The van der Waals surface area contributed by atoms with Crippen LogP contribution in [-0.2, 0) is 10.7 Å². The first-order chi connectivity index (χ1) is 11.5. The van der Waals surface area contributed by atoms with Crippen LogP contribution in [0.2, 0.25) is 10.0 Å². The fourth-order valence-corrected chi connectivity index (χ4v) is 4.36. The van der Waals surface area contributed by atoms with Gasteiger partial charge >= 0.3 is 0 Å². The maximum absolute atomic E-state index is 13.2. The molecule has 0 aliphatic heterocycles. The SMILES string of the molecule is COc1cc(Cl)c(CBr)c(C(=O)c2cc(OC)cc(Cl)c2CBr)c1. The average molecular weight is 497 g/mol. The molecule has 0 aliphatic rings. The Labute approximate surface area is 167 Å². The van der Waals surface area contributed by atoms with Crippen LogP contribution in [0.3, 0.4) is 0 Å². The van der Waals surface area contributed by atoms with Gasteiger partial charge < -0.3 is 9.47 Å². The number of ketones is 1. The largest absolute Gasteiger partial charge is 0.497 e. The first-order valence-corrected chi connectivity index (χ1v) is 9.86. The van der Waals surface area contributed by atoms with Crippen molar-refractivity contribution in [3.05, 3.63) is 56.6 Å². The highest BCUT2D eigenvalue weighted by molar-refractivity contribution is 9.08. The molecule has 0 unspecified atom stereocenters. The van der Waals surface area contributed by atoms with Crippen molar-refractivity contribution in [2.45, 2.75) is 10.7 Å². The molecule has 0 bridgehead atoms. The van der Waals surface area contributed by atoms with Crippen LogP contribution in [0, 0.1) is 0 Å². The van der Waals surface area contributed by atoms with Crippen LogP contribution in [0.4, 0.5) is 0 Å². The van der Waals surface area contributed by atoms with Crippen molar-refractivity contribution < 1.29 is 14.3 Å². The monoisotopic (exact) mass is 494 g/mol. The third kappa shape index (κ3) is 3.90. The van der Waals surface area contributed by atoms with E-state index in [9.17, 15) is 4.79 Å². The molecule has 0 amide bonds. The van der Waals surface area contributed by atoms with Gasteiger partial charge in [0.25, 0.3) is 0 Å². The van der Waals surface area contributed by atoms with Crippen molar-refractivity contribution in [2.24, 2.45) is 0 Å². The average Bonchev–Trinajstić information content (AvgIpc) is 2.59. The van der Waals surface area contributed by atoms with Crippen LogP contribution in [0.25, 0.3) is 0 Å². The molecule has 0 aromatic heterocycles. The topological polar surface area (TPSA) is 35.5 Å². The Hall–Kier alpha value is -0.750. The molecule has 0 fully saturated rings. The number of methoxy groups -OCH3 is 2. The highest BCUT2D eigenvalue weighted by atomic mass is 79.9. The Bertz CT molecular complexity index is 715. The van der Waals surface area contributed by atoms with Crippen LogP contribution in [0.1, 0.15) is 27.0 Å². The first-order valence-electron chi connectivity index (χ1n) is 6.86. The number of carbonyl (C=O) groups is 1. The number of rotatable bonds is 6. The number of hydrogen-bond donors (Lipinski definition) is 0. The van der Waals surface area contributed by atoms with Gasteiger partial charge in [-0.25, -0.2) is 0 Å². The van der Waals surface area contributed by atoms with E-state index < -0.39 is 0 Å². The third-order valence-electron chi connectivity index (χ3n) is 3.57. The van der Waals surface area contributed by atoms with Crippen molar-refractivity contribution in [3.8, 4) is 11.5 Å². The Morgan fingerprint density at radius 2 is 1.25 bits per heavy atom. The molecule has 7 heteroatoms. The number of hydrogen-bond acceptors (Lipinski definition) is 3. The summed E-state index contributed by atoms with van der Waals surface area (Å²) in [6.45, 7) is 0. The minimum atomic E-state index is -0.194. The molecule has 0 N–H and O–H groups in total. The number of halogens is 4. The zero-order valence-electron chi connectivity index (χ0n) is 13.0. The molecular weight excluding hydrogens is 483 g/mol. The fourth-order valence-electron chi connectivity index (χ4n) is 2.28. The van der Waals surface area contributed by atoms with Gasteiger partial charge in [-0.3, -0.25) is 4.79 Å². The third-order valence-corrected chi connectivity index (χ3v) is 5.36. The summed E-state index contributed by atoms with van der Waals surface area (Å²) in [5, 5.41) is 1.81. The fraction of sp³-hybridized carbons (Fsp3) is 0.235. The molecule has 0 spiro atoms. The molecule has 24 heavy (non-hydrogen) atoms. The summed E-state index contributed by atoms with van der Waals surface area (Å²) in [6.07, 6.45) is 0. The highest BCUT2D eigenvalue weighted by Crippen LogP contribution is 2.34. The molecule has 2 aromatic carbocycles. The predicted octanol–water partition coefficient (Wildman–Crippen LogP) is 6.03. The maximum atomic E-state index is 13.2. The van der Waals surface area contributed by atoms with E-state index in [4.69, 9.17) is 32.7 Å². The lowest BCUT2D eigenvalue weighted by molar-refractivity contribution is 0.103. The lowest BCUT2D eigenvalue weighted by Gasteiger charge is -2.15. The van der Waals surface area contributed by atoms with Crippen molar-refractivity contribution in [1.29, 1.82) is 0 Å². The minimum absolute atomic E-state index is 0.194. The summed E-state index contributed by atoms with van der Waals surface area (Å²) >= 11 is 19.3. The van der Waals surface area contributed by atoms with Gasteiger partial charge in [-0.15, -0.1) is 0 Å². The van der Waals surface area contributed by atoms with E-state index in [1.54, 1.807) is 24.3 Å². The molecule has 0 atom stereocenters. The number of alkyl halides is 2. The zero-order chi connectivity index (χ0) is 17.9. The van der Waals surface area contributed by atoms with E-state index in [-0.39, 0.29) is 5.78 Å². The van der Waals surface area contributed by atoms with Crippen molar-refractivity contribution in [1.82, 2.24) is 0 Å². The van der Waals surface area contributed by atoms with Gasteiger partial charge in [0.2, 0.25) is 0 Å². The summed E-state index contributed by atoms with van der Waals surface area (Å²) in [5.74, 6) is 0.838. The van der Waals surface area contributed by atoms with Gasteiger partial charge in [-0.1, -0.05) is 55.1 Å². The molecular formula is C17H14Br2Cl2O3. The molecule has 128 valence electrons. The van der Waals surface area contributed by atoms with Gasteiger partial charge in [0.1, 0.15) is 11.5 Å². The minimum Gasteiger partial charge on any atom is -0.497 e. The van der Waals surface area contributed by atoms with E-state index in [2.05, 4.69) is 31.9 Å². The maximum Gasteiger partial charge on any atom is 0.194 e. The molecule has 2 rings (SSSR count). The van der Waals surface area contributed by atoms with Gasteiger partial charge in [0, 0.05) is 31.8 Å². The smallest absolute Gasteiger partial charge is 0.194 e. The van der Waals surface area contributed by atoms with Gasteiger partial charge in [0.15, 0.2) is 5.78 Å². The Balaban J connectivity index is 2.69. The lowest BCUT2D eigenvalue weighted by atomic mass is 9.95. The van der Waals surface area contributed by atoms with Gasteiger partial charge in [-0.05, 0) is 35.4 Å². The summed E-state index contributed by atoms with van der Waals surface area (Å²) in [7, 11) is 3.06. The van der Waals surface area contributed by atoms with Crippen LogP contribution < -0.4 is 9.47 Å². The zero-order valence-corrected chi connectivity index (χ0v) is 17.6. The Morgan fingerprint density at radius 3 is 1.54 bits per heavy atom. The van der Waals surface area contributed by atoms with Crippen LogP contribution in [0.5, 0.6) is 11.5 Å². The molecule has 0 radical (unpaired) electrons.